The maximum absolute atomic E-state index is 12.4. The molecule has 0 N–H and O–H groups in total. The molecule has 3 rings (SSSR count). The molecular weight excluding hydrogens is 312 g/mol. The summed E-state index contributed by atoms with van der Waals surface area (Å²) in [6.45, 7) is 7.16. The lowest BCUT2D eigenvalue weighted by atomic mass is 9.96. The third kappa shape index (κ3) is 3.23. The van der Waals surface area contributed by atoms with E-state index < -0.39 is 0 Å². The fraction of sp³-hybridized carbons (Fsp3) is 0.450. The summed E-state index contributed by atoms with van der Waals surface area (Å²) in [4.78, 5) is 25.7. The van der Waals surface area contributed by atoms with Gasteiger partial charge in [-0.1, -0.05) is 17.7 Å². The molecule has 1 atom stereocenters. The largest absolute Gasteiger partial charge is 0.359 e. The van der Waals surface area contributed by atoms with Crippen molar-refractivity contribution >= 4 is 11.6 Å². The smallest absolute Gasteiger partial charge is 0.272 e. The second-order valence-corrected chi connectivity index (χ2v) is 7.28. The Hall–Kier alpha value is -2.43. The molecular formula is C20H26N4O. The maximum atomic E-state index is 12.4. The molecule has 0 saturated carbocycles. The zero-order valence-corrected chi connectivity index (χ0v) is 15.7. The highest BCUT2D eigenvalue weighted by Crippen LogP contribution is 2.40. The fourth-order valence-electron chi connectivity index (χ4n) is 3.48. The number of aromatic nitrogens is 2. The monoisotopic (exact) mass is 338 g/mol. The lowest BCUT2D eigenvalue weighted by molar-refractivity contribution is 0.0821. The van der Waals surface area contributed by atoms with E-state index in [9.17, 15) is 4.79 Å². The summed E-state index contributed by atoms with van der Waals surface area (Å²) < 4.78 is 0. The van der Waals surface area contributed by atoms with Crippen LogP contribution in [0.25, 0.3) is 0 Å². The molecule has 1 aliphatic heterocycles. The molecule has 5 heteroatoms. The van der Waals surface area contributed by atoms with Gasteiger partial charge in [0.15, 0.2) is 5.82 Å². The van der Waals surface area contributed by atoms with Gasteiger partial charge in [0.25, 0.3) is 5.91 Å². The van der Waals surface area contributed by atoms with Crippen LogP contribution in [-0.2, 0) is 5.54 Å². The fourth-order valence-corrected chi connectivity index (χ4v) is 3.48. The van der Waals surface area contributed by atoms with E-state index in [-0.39, 0.29) is 11.4 Å². The first-order valence-corrected chi connectivity index (χ1v) is 8.73. The topological polar surface area (TPSA) is 49.3 Å². The van der Waals surface area contributed by atoms with Crippen molar-refractivity contribution in [1.82, 2.24) is 14.9 Å². The summed E-state index contributed by atoms with van der Waals surface area (Å²) in [6, 6.07) is 10.3. The standard InChI is InChI=1S/C20H26N4O/c1-14-7-9-16(10-8-14)24-12-6-11-20(24,3)19-21-15(2)13-17(22-19)18(25)23(4)5/h7-10,13H,6,11-12H2,1-5H3/t20-/m0/s1. The van der Waals surface area contributed by atoms with Crippen LogP contribution in [0, 0.1) is 13.8 Å². The second kappa shape index (κ2) is 6.47. The number of hydrogen-bond donors (Lipinski definition) is 0. The highest BCUT2D eigenvalue weighted by atomic mass is 16.2. The van der Waals surface area contributed by atoms with Crippen LogP contribution in [0.15, 0.2) is 30.3 Å². The zero-order valence-electron chi connectivity index (χ0n) is 15.7. The van der Waals surface area contributed by atoms with Crippen molar-refractivity contribution < 1.29 is 4.79 Å². The summed E-state index contributed by atoms with van der Waals surface area (Å²) in [5.41, 5.74) is 3.41. The molecule has 0 radical (unpaired) electrons. The first-order chi connectivity index (χ1) is 11.8. The Morgan fingerprint density at radius 3 is 2.48 bits per heavy atom. The first-order valence-electron chi connectivity index (χ1n) is 8.73. The summed E-state index contributed by atoms with van der Waals surface area (Å²) >= 11 is 0. The van der Waals surface area contributed by atoms with Crippen LogP contribution in [0.2, 0.25) is 0 Å². The predicted octanol–water partition coefficient (Wildman–Crippen LogP) is 3.31. The Morgan fingerprint density at radius 2 is 1.84 bits per heavy atom. The van der Waals surface area contributed by atoms with E-state index in [1.807, 2.05) is 6.92 Å². The quantitative estimate of drug-likeness (QED) is 0.861. The van der Waals surface area contributed by atoms with Crippen molar-refractivity contribution in [3.05, 3.63) is 53.1 Å². The SMILES string of the molecule is Cc1ccc(N2CCC[C@@]2(C)c2nc(C)cc(C(=O)N(C)C)n2)cc1. The van der Waals surface area contributed by atoms with Crippen molar-refractivity contribution in [2.45, 2.75) is 39.2 Å². The number of anilines is 1. The minimum Gasteiger partial charge on any atom is -0.359 e. The van der Waals surface area contributed by atoms with Gasteiger partial charge in [0.2, 0.25) is 0 Å². The normalized spacial score (nSPS) is 20.0. The molecule has 0 bridgehead atoms. The summed E-state index contributed by atoms with van der Waals surface area (Å²) in [5, 5.41) is 0. The Bertz CT molecular complexity index is 785. The molecule has 1 saturated heterocycles. The predicted molar refractivity (Wildman–Crippen MR) is 99.9 cm³/mol. The van der Waals surface area contributed by atoms with Crippen LogP contribution in [0.3, 0.4) is 0 Å². The minimum atomic E-state index is -0.303. The number of aryl methyl sites for hydroxylation is 2. The number of carbonyl (C=O) groups excluding carboxylic acids is 1. The molecule has 1 aromatic heterocycles. The molecule has 132 valence electrons. The van der Waals surface area contributed by atoms with Gasteiger partial charge >= 0.3 is 0 Å². The van der Waals surface area contributed by atoms with Gasteiger partial charge in [-0.2, -0.15) is 0 Å². The molecule has 0 aliphatic carbocycles. The zero-order chi connectivity index (χ0) is 18.2. The van der Waals surface area contributed by atoms with Crippen molar-refractivity contribution in [3.8, 4) is 0 Å². The van der Waals surface area contributed by atoms with Crippen LogP contribution in [-0.4, -0.2) is 41.4 Å². The molecule has 1 fully saturated rings. The second-order valence-electron chi connectivity index (χ2n) is 7.28. The highest BCUT2D eigenvalue weighted by molar-refractivity contribution is 5.92. The number of rotatable bonds is 3. The van der Waals surface area contributed by atoms with Gasteiger partial charge in [0.05, 0.1) is 5.54 Å². The third-order valence-electron chi connectivity index (χ3n) is 4.95. The Morgan fingerprint density at radius 1 is 1.16 bits per heavy atom. The van der Waals surface area contributed by atoms with E-state index in [1.54, 1.807) is 25.1 Å². The third-order valence-corrected chi connectivity index (χ3v) is 4.95. The summed E-state index contributed by atoms with van der Waals surface area (Å²) in [6.07, 6.45) is 2.05. The van der Waals surface area contributed by atoms with E-state index >= 15 is 0 Å². The first kappa shape index (κ1) is 17.4. The van der Waals surface area contributed by atoms with Gasteiger partial charge in [-0.25, -0.2) is 9.97 Å². The molecule has 5 nitrogen and oxygen atoms in total. The minimum absolute atomic E-state index is 0.0877. The van der Waals surface area contributed by atoms with Gasteiger partial charge in [0, 0.05) is 32.0 Å². The van der Waals surface area contributed by atoms with Crippen LogP contribution < -0.4 is 4.90 Å². The van der Waals surface area contributed by atoms with Crippen molar-refractivity contribution in [1.29, 1.82) is 0 Å². The van der Waals surface area contributed by atoms with Gasteiger partial charge < -0.3 is 9.80 Å². The van der Waals surface area contributed by atoms with Crippen molar-refractivity contribution in [2.24, 2.45) is 0 Å². The van der Waals surface area contributed by atoms with E-state index in [0.29, 0.717) is 5.69 Å². The Labute approximate surface area is 149 Å². The Balaban J connectivity index is 2.04. The average molecular weight is 338 g/mol. The van der Waals surface area contributed by atoms with Crippen LogP contribution >= 0.6 is 0 Å². The molecule has 1 aliphatic rings. The molecule has 1 aromatic carbocycles. The average Bonchev–Trinajstić information content (AvgIpc) is 2.97. The van der Waals surface area contributed by atoms with Crippen molar-refractivity contribution in [3.63, 3.8) is 0 Å². The van der Waals surface area contributed by atoms with Crippen molar-refractivity contribution in [2.75, 3.05) is 25.5 Å². The lowest BCUT2D eigenvalue weighted by Crippen LogP contribution is -2.41. The number of nitrogens with zero attached hydrogens (tertiary/aromatic N) is 4. The maximum Gasteiger partial charge on any atom is 0.272 e. The van der Waals surface area contributed by atoms with E-state index in [4.69, 9.17) is 4.98 Å². The summed E-state index contributed by atoms with van der Waals surface area (Å²) in [5.74, 6) is 0.644. The number of hydrogen-bond acceptors (Lipinski definition) is 4. The summed E-state index contributed by atoms with van der Waals surface area (Å²) in [7, 11) is 3.49. The van der Waals surface area contributed by atoms with Gasteiger partial charge in [0.1, 0.15) is 5.69 Å². The highest BCUT2D eigenvalue weighted by Gasteiger charge is 2.41. The van der Waals surface area contributed by atoms with Gasteiger partial charge in [-0.15, -0.1) is 0 Å². The molecule has 0 spiro atoms. The van der Waals surface area contributed by atoms with E-state index in [2.05, 4.69) is 48.0 Å². The van der Waals surface area contributed by atoms with Crippen LogP contribution in [0.1, 0.15) is 47.3 Å². The molecule has 0 unspecified atom stereocenters. The molecule has 2 aromatic rings. The number of benzene rings is 1. The number of carbonyl (C=O) groups is 1. The van der Waals surface area contributed by atoms with Gasteiger partial charge in [-0.3, -0.25) is 4.79 Å². The lowest BCUT2D eigenvalue weighted by Gasteiger charge is -2.36. The van der Waals surface area contributed by atoms with E-state index in [0.717, 1.165) is 30.9 Å². The van der Waals surface area contributed by atoms with Gasteiger partial charge in [-0.05, 0) is 51.8 Å². The van der Waals surface area contributed by atoms with Crippen LogP contribution in [0.4, 0.5) is 5.69 Å². The molecule has 2 heterocycles. The molecule has 25 heavy (non-hydrogen) atoms. The van der Waals surface area contributed by atoms with Crippen LogP contribution in [0.5, 0.6) is 0 Å². The Kier molecular flexibility index (Phi) is 4.50. The van der Waals surface area contributed by atoms with E-state index in [1.165, 1.54) is 11.3 Å². The number of amides is 1. The molecule has 1 amide bonds.